The maximum Gasteiger partial charge on any atom is 0.161 e. The van der Waals surface area contributed by atoms with Gasteiger partial charge in [-0.15, -0.1) is 0 Å². The van der Waals surface area contributed by atoms with E-state index in [1.807, 2.05) is 0 Å². The van der Waals surface area contributed by atoms with Gasteiger partial charge in [-0.1, -0.05) is 51.7 Å². The molecule has 1 aromatic rings. The third-order valence-corrected chi connectivity index (χ3v) is 4.37. The van der Waals surface area contributed by atoms with E-state index in [0.717, 1.165) is 18.9 Å². The van der Waals surface area contributed by atoms with Crippen LogP contribution in [-0.2, 0) is 0 Å². The van der Waals surface area contributed by atoms with Crippen LogP contribution < -0.4 is 11.1 Å². The quantitative estimate of drug-likeness (QED) is 0.458. The van der Waals surface area contributed by atoms with Crippen LogP contribution >= 0.6 is 28.1 Å². The number of hydrogen-bond donors (Lipinski definition) is 2. The zero-order valence-electron chi connectivity index (χ0n) is 12.7. The SMILES string of the molecule is CC(C)CCCCCCNc1ccc(C(N)=S)c(Br)c1F. The summed E-state index contributed by atoms with van der Waals surface area (Å²) in [5.74, 6) is 0.446. The molecule has 0 saturated carbocycles. The van der Waals surface area contributed by atoms with Crippen molar-refractivity contribution >= 4 is 38.8 Å². The molecule has 21 heavy (non-hydrogen) atoms. The Labute approximate surface area is 140 Å². The summed E-state index contributed by atoms with van der Waals surface area (Å²) < 4.78 is 14.4. The lowest BCUT2D eigenvalue weighted by molar-refractivity contribution is 0.522. The van der Waals surface area contributed by atoms with Crippen LogP contribution in [0.5, 0.6) is 0 Å². The van der Waals surface area contributed by atoms with Crippen LogP contribution in [0, 0.1) is 11.7 Å². The summed E-state index contributed by atoms with van der Waals surface area (Å²) in [5.41, 5.74) is 6.56. The number of benzene rings is 1. The average molecular weight is 375 g/mol. The first-order valence-electron chi connectivity index (χ1n) is 7.45. The second-order valence-electron chi connectivity index (χ2n) is 5.68. The predicted molar refractivity (Wildman–Crippen MR) is 96.4 cm³/mol. The smallest absolute Gasteiger partial charge is 0.161 e. The number of anilines is 1. The van der Waals surface area contributed by atoms with Crippen LogP contribution in [0.2, 0.25) is 0 Å². The number of unbranched alkanes of at least 4 members (excludes halogenated alkanes) is 3. The summed E-state index contributed by atoms with van der Waals surface area (Å²) in [5, 5.41) is 3.13. The molecule has 0 aromatic heterocycles. The van der Waals surface area contributed by atoms with Crippen LogP contribution in [0.3, 0.4) is 0 Å². The number of halogens is 2. The van der Waals surface area contributed by atoms with Gasteiger partial charge in [0.05, 0.1) is 10.2 Å². The molecule has 0 spiro atoms. The van der Waals surface area contributed by atoms with Crippen LogP contribution in [0.1, 0.15) is 51.5 Å². The number of hydrogen-bond acceptors (Lipinski definition) is 2. The molecule has 0 fully saturated rings. The molecule has 1 aromatic carbocycles. The number of thiocarbonyl (C=S) groups is 1. The van der Waals surface area contributed by atoms with Gasteiger partial charge in [-0.3, -0.25) is 0 Å². The Morgan fingerprint density at radius 3 is 2.57 bits per heavy atom. The molecule has 118 valence electrons. The van der Waals surface area contributed by atoms with Gasteiger partial charge in [0.2, 0.25) is 0 Å². The van der Waals surface area contributed by atoms with Gasteiger partial charge in [0.25, 0.3) is 0 Å². The highest BCUT2D eigenvalue weighted by Crippen LogP contribution is 2.27. The summed E-state index contributed by atoms with van der Waals surface area (Å²) in [6.07, 6.45) is 6.03. The largest absolute Gasteiger partial charge is 0.389 e. The molecule has 1 rings (SSSR count). The van der Waals surface area contributed by atoms with Gasteiger partial charge in [0.15, 0.2) is 5.82 Å². The van der Waals surface area contributed by atoms with Gasteiger partial charge in [0, 0.05) is 12.1 Å². The van der Waals surface area contributed by atoms with Gasteiger partial charge >= 0.3 is 0 Å². The van der Waals surface area contributed by atoms with Gasteiger partial charge in [-0.05, 0) is 40.4 Å². The summed E-state index contributed by atoms with van der Waals surface area (Å²) in [7, 11) is 0. The minimum atomic E-state index is -0.333. The maximum atomic E-state index is 14.1. The predicted octanol–water partition coefficient (Wildman–Crippen LogP) is 5.24. The van der Waals surface area contributed by atoms with Crippen molar-refractivity contribution in [1.29, 1.82) is 0 Å². The van der Waals surface area contributed by atoms with Gasteiger partial charge in [-0.25, -0.2) is 4.39 Å². The molecule has 0 aliphatic heterocycles. The molecule has 2 nitrogen and oxygen atoms in total. The highest BCUT2D eigenvalue weighted by molar-refractivity contribution is 9.10. The van der Waals surface area contributed by atoms with Crippen molar-refractivity contribution in [2.45, 2.75) is 46.0 Å². The molecule has 0 unspecified atom stereocenters. The minimum absolute atomic E-state index is 0.192. The Balaban J connectivity index is 2.36. The van der Waals surface area contributed by atoms with Crippen LogP contribution in [0.25, 0.3) is 0 Å². The molecule has 3 N–H and O–H groups in total. The fourth-order valence-corrected chi connectivity index (χ4v) is 2.99. The number of nitrogens with one attached hydrogen (secondary N) is 1. The fraction of sp³-hybridized carbons (Fsp3) is 0.562. The first-order valence-corrected chi connectivity index (χ1v) is 8.65. The topological polar surface area (TPSA) is 38.0 Å². The summed E-state index contributed by atoms with van der Waals surface area (Å²) >= 11 is 8.08. The Kier molecular flexibility index (Phi) is 8.19. The van der Waals surface area contributed by atoms with E-state index in [9.17, 15) is 4.39 Å². The molecule has 0 heterocycles. The van der Waals surface area contributed by atoms with Crippen LogP contribution in [-0.4, -0.2) is 11.5 Å². The highest BCUT2D eigenvalue weighted by atomic mass is 79.9. The van der Waals surface area contributed by atoms with Gasteiger partial charge in [0.1, 0.15) is 4.99 Å². The van der Waals surface area contributed by atoms with Crippen molar-refractivity contribution in [1.82, 2.24) is 0 Å². The summed E-state index contributed by atoms with van der Waals surface area (Å²) in [6.45, 7) is 5.27. The second kappa shape index (κ2) is 9.36. The highest BCUT2D eigenvalue weighted by Gasteiger charge is 2.12. The normalized spacial score (nSPS) is 10.9. The minimum Gasteiger partial charge on any atom is -0.389 e. The van der Waals surface area contributed by atoms with E-state index in [1.165, 1.54) is 25.7 Å². The van der Waals surface area contributed by atoms with E-state index in [4.69, 9.17) is 18.0 Å². The Hall–Kier alpha value is -0.680. The molecular formula is C16H24BrFN2S. The Morgan fingerprint density at radius 1 is 1.29 bits per heavy atom. The number of nitrogens with two attached hydrogens (primary N) is 1. The lowest BCUT2D eigenvalue weighted by atomic mass is 10.0. The molecule has 0 radical (unpaired) electrons. The molecule has 5 heteroatoms. The average Bonchev–Trinajstić information content (AvgIpc) is 2.41. The van der Waals surface area contributed by atoms with Crippen molar-refractivity contribution in [3.05, 3.63) is 28.0 Å². The van der Waals surface area contributed by atoms with Crippen molar-refractivity contribution in [2.24, 2.45) is 11.7 Å². The fourth-order valence-electron chi connectivity index (χ4n) is 2.13. The van der Waals surface area contributed by atoms with E-state index in [1.54, 1.807) is 12.1 Å². The first-order chi connectivity index (χ1) is 9.93. The Bertz CT molecular complexity index is 478. The monoisotopic (exact) mass is 374 g/mol. The first kappa shape index (κ1) is 18.4. The van der Waals surface area contributed by atoms with Crippen LogP contribution in [0.4, 0.5) is 10.1 Å². The van der Waals surface area contributed by atoms with Crippen molar-refractivity contribution in [2.75, 3.05) is 11.9 Å². The molecule has 0 aliphatic rings. The van der Waals surface area contributed by atoms with E-state index < -0.39 is 0 Å². The van der Waals surface area contributed by atoms with E-state index in [2.05, 4.69) is 35.1 Å². The molecular weight excluding hydrogens is 351 g/mol. The summed E-state index contributed by atoms with van der Waals surface area (Å²) in [4.78, 5) is 0.192. The molecule has 0 aliphatic carbocycles. The molecule has 0 saturated heterocycles. The third kappa shape index (κ3) is 6.30. The van der Waals surface area contributed by atoms with Crippen LogP contribution in [0.15, 0.2) is 16.6 Å². The van der Waals surface area contributed by atoms with E-state index >= 15 is 0 Å². The van der Waals surface area contributed by atoms with Crippen molar-refractivity contribution < 1.29 is 4.39 Å². The lowest BCUT2D eigenvalue weighted by Crippen LogP contribution is -2.12. The second-order valence-corrected chi connectivity index (χ2v) is 6.91. The number of rotatable bonds is 9. The van der Waals surface area contributed by atoms with Crippen molar-refractivity contribution in [3.63, 3.8) is 0 Å². The Morgan fingerprint density at radius 2 is 1.95 bits per heavy atom. The van der Waals surface area contributed by atoms with E-state index in [0.29, 0.717) is 15.7 Å². The molecule has 0 bridgehead atoms. The zero-order chi connectivity index (χ0) is 15.8. The van der Waals surface area contributed by atoms with Crippen molar-refractivity contribution in [3.8, 4) is 0 Å². The van der Waals surface area contributed by atoms with Gasteiger partial charge in [-0.2, -0.15) is 0 Å². The molecule has 0 amide bonds. The van der Waals surface area contributed by atoms with Gasteiger partial charge < -0.3 is 11.1 Å². The zero-order valence-corrected chi connectivity index (χ0v) is 15.1. The standard InChI is InChI=1S/C16H24BrFN2S/c1-11(2)7-5-3-4-6-10-20-13-9-8-12(16(19)21)14(17)15(13)18/h8-9,11,20H,3-7,10H2,1-2H3,(H2,19,21). The van der Waals surface area contributed by atoms with E-state index in [-0.39, 0.29) is 10.8 Å². The summed E-state index contributed by atoms with van der Waals surface area (Å²) in [6, 6.07) is 3.42. The maximum absolute atomic E-state index is 14.1. The third-order valence-electron chi connectivity index (χ3n) is 3.37. The lowest BCUT2D eigenvalue weighted by Gasteiger charge is -2.11. The molecule has 0 atom stereocenters.